The Bertz CT molecular complexity index is 1200. The van der Waals surface area contributed by atoms with Crippen molar-refractivity contribution < 1.29 is 4.79 Å². The number of carbonyl (C=O) groups is 1. The molecule has 1 saturated heterocycles. The van der Waals surface area contributed by atoms with Crippen LogP contribution in [0.5, 0.6) is 0 Å². The van der Waals surface area contributed by atoms with Gasteiger partial charge in [0.1, 0.15) is 4.70 Å². The molecule has 0 bridgehead atoms. The second kappa shape index (κ2) is 8.63. The van der Waals surface area contributed by atoms with Gasteiger partial charge in [0, 0.05) is 25.3 Å². The lowest BCUT2D eigenvalue weighted by Gasteiger charge is -2.11. The Hall–Kier alpha value is -2.39. The molecule has 0 spiro atoms. The van der Waals surface area contributed by atoms with Gasteiger partial charge >= 0.3 is 0 Å². The van der Waals surface area contributed by atoms with Gasteiger partial charge in [-0.1, -0.05) is 29.2 Å². The second-order valence-corrected chi connectivity index (χ2v) is 9.88. The summed E-state index contributed by atoms with van der Waals surface area (Å²) < 4.78 is 2.23. The predicted molar refractivity (Wildman–Crippen MR) is 127 cm³/mol. The van der Waals surface area contributed by atoms with Gasteiger partial charge in [-0.25, -0.2) is 4.98 Å². The molecule has 5 rings (SSSR count). The van der Waals surface area contributed by atoms with E-state index in [-0.39, 0.29) is 17.2 Å². The summed E-state index contributed by atoms with van der Waals surface area (Å²) in [5.74, 6) is 0.0917. The first-order valence-corrected chi connectivity index (χ1v) is 12.6. The largest absolute Gasteiger partial charge is 0.348 e. The summed E-state index contributed by atoms with van der Waals surface area (Å²) in [6.07, 6.45) is 5.69. The van der Waals surface area contributed by atoms with Crippen molar-refractivity contribution in [3.63, 3.8) is 0 Å². The third-order valence-electron chi connectivity index (χ3n) is 5.88. The standard InChI is InChI=1S/C22H25N5O2S2/c1-2-27-20(29)18-19(24-21(31-18)26-10-3-4-11-26)25-22(27)30-13-17(28)23-16-9-8-14-6-5-7-15(14)12-16/h8-9,12H,2-7,10-11,13H2,1H3,(H,23,28). The fourth-order valence-corrected chi connectivity index (χ4v) is 6.14. The molecule has 1 N–H and O–H groups in total. The molecule has 7 nitrogen and oxygen atoms in total. The Morgan fingerprint density at radius 3 is 2.77 bits per heavy atom. The number of anilines is 2. The molecular weight excluding hydrogens is 430 g/mol. The molecule has 1 fully saturated rings. The van der Waals surface area contributed by atoms with Gasteiger partial charge in [-0.2, -0.15) is 4.98 Å². The maximum absolute atomic E-state index is 13.0. The van der Waals surface area contributed by atoms with E-state index in [1.54, 1.807) is 4.57 Å². The van der Waals surface area contributed by atoms with Crippen LogP contribution >= 0.6 is 23.1 Å². The van der Waals surface area contributed by atoms with Gasteiger partial charge in [-0.3, -0.25) is 14.2 Å². The molecule has 9 heteroatoms. The molecule has 2 aliphatic rings. The number of aryl methyl sites for hydroxylation is 2. The van der Waals surface area contributed by atoms with Crippen LogP contribution in [0.1, 0.15) is 37.3 Å². The van der Waals surface area contributed by atoms with Crippen molar-refractivity contribution in [1.82, 2.24) is 14.5 Å². The predicted octanol–water partition coefficient (Wildman–Crippen LogP) is 3.69. The van der Waals surface area contributed by atoms with E-state index in [4.69, 9.17) is 0 Å². The first-order chi connectivity index (χ1) is 15.1. The molecule has 0 unspecified atom stereocenters. The number of carbonyl (C=O) groups excluding carboxylic acids is 1. The maximum Gasteiger partial charge on any atom is 0.273 e. The molecule has 31 heavy (non-hydrogen) atoms. The first-order valence-electron chi connectivity index (χ1n) is 10.8. The third-order valence-corrected chi connectivity index (χ3v) is 7.95. The van der Waals surface area contributed by atoms with E-state index in [9.17, 15) is 9.59 Å². The molecule has 1 aliphatic carbocycles. The molecule has 2 aromatic heterocycles. The second-order valence-electron chi connectivity index (χ2n) is 7.96. The number of nitrogens with zero attached hydrogens (tertiary/aromatic N) is 4. The lowest BCUT2D eigenvalue weighted by Crippen LogP contribution is -2.23. The molecule has 1 amide bonds. The van der Waals surface area contributed by atoms with Crippen LogP contribution < -0.4 is 15.8 Å². The number of nitrogens with one attached hydrogen (secondary N) is 1. The van der Waals surface area contributed by atoms with Crippen LogP contribution in [0, 0.1) is 0 Å². The van der Waals surface area contributed by atoms with Crippen molar-refractivity contribution in [3.05, 3.63) is 39.7 Å². The topological polar surface area (TPSA) is 80.1 Å². The zero-order valence-corrected chi connectivity index (χ0v) is 19.2. The smallest absolute Gasteiger partial charge is 0.273 e. The molecule has 3 heterocycles. The minimum Gasteiger partial charge on any atom is -0.348 e. The van der Waals surface area contributed by atoms with Crippen LogP contribution in [-0.4, -0.2) is 39.3 Å². The number of amides is 1. The summed E-state index contributed by atoms with van der Waals surface area (Å²) in [6.45, 7) is 4.39. The SMILES string of the molecule is CCn1c(SCC(=O)Nc2ccc3c(c2)CCC3)nc2nc(N3CCCC3)sc2c1=O. The fourth-order valence-electron chi connectivity index (χ4n) is 4.29. The Kier molecular flexibility index (Phi) is 5.71. The fraction of sp³-hybridized carbons (Fsp3) is 0.455. The highest BCUT2D eigenvalue weighted by molar-refractivity contribution is 7.99. The van der Waals surface area contributed by atoms with Crippen molar-refractivity contribution in [1.29, 1.82) is 0 Å². The molecule has 1 aromatic carbocycles. The average Bonchev–Trinajstić information content (AvgIpc) is 3.51. The van der Waals surface area contributed by atoms with Gasteiger partial charge in [0.25, 0.3) is 5.56 Å². The van der Waals surface area contributed by atoms with E-state index in [1.165, 1.54) is 40.6 Å². The average molecular weight is 456 g/mol. The Morgan fingerprint density at radius 2 is 1.97 bits per heavy atom. The number of hydrogen-bond donors (Lipinski definition) is 1. The Balaban J connectivity index is 1.33. The van der Waals surface area contributed by atoms with Gasteiger partial charge in [0.2, 0.25) is 5.91 Å². The van der Waals surface area contributed by atoms with Crippen LogP contribution in [0.4, 0.5) is 10.8 Å². The monoisotopic (exact) mass is 455 g/mol. The third kappa shape index (κ3) is 4.08. The van der Waals surface area contributed by atoms with E-state index in [0.29, 0.717) is 22.0 Å². The van der Waals surface area contributed by atoms with Gasteiger partial charge in [-0.15, -0.1) is 0 Å². The highest BCUT2D eigenvalue weighted by Gasteiger charge is 2.21. The number of hydrogen-bond acceptors (Lipinski definition) is 7. The summed E-state index contributed by atoms with van der Waals surface area (Å²) in [6, 6.07) is 6.15. The van der Waals surface area contributed by atoms with Crippen LogP contribution in [0.25, 0.3) is 10.3 Å². The van der Waals surface area contributed by atoms with E-state index < -0.39 is 0 Å². The Labute approximate surface area is 188 Å². The van der Waals surface area contributed by atoms with Crippen LogP contribution in [0.2, 0.25) is 0 Å². The molecule has 0 saturated carbocycles. The molecule has 1 aliphatic heterocycles. The number of rotatable bonds is 6. The lowest BCUT2D eigenvalue weighted by molar-refractivity contribution is -0.113. The number of aromatic nitrogens is 3. The van der Waals surface area contributed by atoms with E-state index >= 15 is 0 Å². The molecule has 0 atom stereocenters. The van der Waals surface area contributed by atoms with Crippen molar-refractivity contribution in [2.24, 2.45) is 0 Å². The van der Waals surface area contributed by atoms with Gasteiger partial charge in [0.05, 0.1) is 5.75 Å². The molecule has 0 radical (unpaired) electrons. The minimum atomic E-state index is -0.101. The lowest BCUT2D eigenvalue weighted by atomic mass is 10.1. The van der Waals surface area contributed by atoms with Gasteiger partial charge in [-0.05, 0) is 62.3 Å². The molecule has 162 valence electrons. The molecular formula is C22H25N5O2S2. The number of thiazole rings is 1. The summed E-state index contributed by atoms with van der Waals surface area (Å²) >= 11 is 2.71. The Morgan fingerprint density at radius 1 is 1.16 bits per heavy atom. The van der Waals surface area contributed by atoms with Crippen molar-refractivity contribution in [3.8, 4) is 0 Å². The van der Waals surface area contributed by atoms with Gasteiger partial charge < -0.3 is 10.2 Å². The first kappa shape index (κ1) is 20.5. The maximum atomic E-state index is 13.0. The number of benzene rings is 1. The van der Waals surface area contributed by atoms with Gasteiger partial charge in [0.15, 0.2) is 15.9 Å². The zero-order chi connectivity index (χ0) is 21.4. The van der Waals surface area contributed by atoms with E-state index in [1.807, 2.05) is 13.0 Å². The number of thioether (sulfide) groups is 1. The van der Waals surface area contributed by atoms with Crippen LogP contribution in [0.3, 0.4) is 0 Å². The normalized spacial score (nSPS) is 15.6. The van der Waals surface area contributed by atoms with E-state index in [2.05, 4.69) is 32.3 Å². The molecule has 3 aromatic rings. The highest BCUT2D eigenvalue weighted by atomic mass is 32.2. The zero-order valence-electron chi connectivity index (χ0n) is 17.5. The number of fused-ring (bicyclic) bond motifs is 2. The van der Waals surface area contributed by atoms with E-state index in [0.717, 1.165) is 49.6 Å². The van der Waals surface area contributed by atoms with Crippen molar-refractivity contribution in [2.75, 3.05) is 29.1 Å². The highest BCUT2D eigenvalue weighted by Crippen LogP contribution is 2.30. The summed E-state index contributed by atoms with van der Waals surface area (Å²) in [4.78, 5) is 37.0. The minimum absolute atomic E-state index is 0.0722. The summed E-state index contributed by atoms with van der Waals surface area (Å²) in [7, 11) is 0. The van der Waals surface area contributed by atoms with Crippen LogP contribution in [0.15, 0.2) is 28.2 Å². The van der Waals surface area contributed by atoms with Crippen molar-refractivity contribution in [2.45, 2.75) is 50.7 Å². The summed E-state index contributed by atoms with van der Waals surface area (Å²) in [5, 5.41) is 4.39. The van der Waals surface area contributed by atoms with Crippen LogP contribution in [-0.2, 0) is 24.2 Å². The quantitative estimate of drug-likeness (QED) is 0.451. The van der Waals surface area contributed by atoms with Crippen molar-refractivity contribution >= 4 is 50.2 Å². The summed E-state index contributed by atoms with van der Waals surface area (Å²) in [5.41, 5.74) is 3.96.